The van der Waals surface area contributed by atoms with Crippen molar-refractivity contribution in [2.75, 3.05) is 0 Å². The molecule has 2 aromatic carbocycles. The van der Waals surface area contributed by atoms with Gasteiger partial charge < -0.3 is 0 Å². The Morgan fingerprint density at radius 3 is 2.52 bits per heavy atom. The molecule has 0 amide bonds. The molecule has 0 saturated heterocycles. The van der Waals surface area contributed by atoms with Gasteiger partial charge in [-0.25, -0.2) is 0 Å². The Bertz CT molecular complexity index is 1110. The number of benzene rings is 2. The van der Waals surface area contributed by atoms with E-state index in [1.165, 1.54) is 21.9 Å². The maximum absolute atomic E-state index is 13.2. The fraction of sp³-hybridized carbons (Fsp3) is 0.182. The summed E-state index contributed by atoms with van der Waals surface area (Å²) >= 11 is 3.53. The van der Waals surface area contributed by atoms with Crippen LogP contribution in [-0.4, -0.2) is 11.6 Å². The Morgan fingerprint density at radius 2 is 1.72 bits per heavy atom. The van der Waals surface area contributed by atoms with Gasteiger partial charge in [0.2, 0.25) is 0 Å². The van der Waals surface area contributed by atoms with Gasteiger partial charge in [0.15, 0.2) is 11.6 Å². The monoisotopic (exact) mass is 388 g/mol. The smallest absolute Gasteiger partial charge is 0.171 e. The Hall–Kier alpha value is -2.26. The van der Waals surface area contributed by atoms with Crippen LogP contribution >= 0.6 is 15.9 Å². The van der Waals surface area contributed by atoms with Gasteiger partial charge in [0.05, 0.1) is 5.41 Å². The average molecular weight is 389 g/mol. The molecule has 0 fully saturated rings. The second-order valence-corrected chi connectivity index (χ2v) is 8.22. The molecule has 3 heteroatoms. The zero-order chi connectivity index (χ0) is 16.9. The maximum atomic E-state index is 13.2. The minimum absolute atomic E-state index is 0.0138. The molecule has 0 unspecified atom stereocenters. The Labute approximate surface area is 153 Å². The molecule has 7 rings (SSSR count). The van der Waals surface area contributed by atoms with Crippen LogP contribution in [0.25, 0.3) is 10.8 Å². The van der Waals surface area contributed by atoms with Gasteiger partial charge in [0.25, 0.3) is 0 Å². The molecule has 2 aromatic rings. The summed E-state index contributed by atoms with van der Waals surface area (Å²) in [5.74, 6) is 0.00310. The van der Waals surface area contributed by atoms with E-state index in [-0.39, 0.29) is 29.3 Å². The summed E-state index contributed by atoms with van der Waals surface area (Å²) in [5, 5.41) is 2.42. The maximum Gasteiger partial charge on any atom is 0.171 e. The fourth-order valence-electron chi connectivity index (χ4n) is 5.55. The van der Waals surface area contributed by atoms with Crippen molar-refractivity contribution in [1.82, 2.24) is 0 Å². The van der Waals surface area contributed by atoms with E-state index in [4.69, 9.17) is 0 Å². The zero-order valence-corrected chi connectivity index (χ0v) is 14.8. The van der Waals surface area contributed by atoms with E-state index in [0.29, 0.717) is 0 Å². The first-order valence-electron chi connectivity index (χ1n) is 8.52. The summed E-state index contributed by atoms with van der Waals surface area (Å²) in [6.45, 7) is 0. The molecule has 5 aliphatic carbocycles. The second kappa shape index (κ2) is 4.28. The summed E-state index contributed by atoms with van der Waals surface area (Å²) in [7, 11) is 0. The van der Waals surface area contributed by atoms with Crippen molar-refractivity contribution in [3.8, 4) is 0 Å². The average Bonchev–Trinajstić information content (AvgIpc) is 2.96. The molecule has 120 valence electrons. The predicted molar refractivity (Wildman–Crippen MR) is 99.6 cm³/mol. The molecular formula is C22H13BrO2. The van der Waals surface area contributed by atoms with Crippen LogP contribution in [0.1, 0.15) is 23.0 Å². The number of ketones is 2. The van der Waals surface area contributed by atoms with Gasteiger partial charge in [-0.05, 0) is 39.6 Å². The van der Waals surface area contributed by atoms with Gasteiger partial charge >= 0.3 is 0 Å². The Balaban J connectivity index is 1.77. The molecule has 2 nitrogen and oxygen atoms in total. The number of fused-ring (bicyclic) bond motifs is 1. The Kier molecular flexibility index (Phi) is 2.39. The van der Waals surface area contributed by atoms with Crippen molar-refractivity contribution in [2.24, 2.45) is 11.3 Å². The predicted octanol–water partition coefficient (Wildman–Crippen LogP) is 4.56. The number of hydrogen-bond donors (Lipinski definition) is 0. The van der Waals surface area contributed by atoms with Crippen LogP contribution < -0.4 is 0 Å². The summed E-state index contributed by atoms with van der Waals surface area (Å²) in [5.41, 5.74) is 2.50. The van der Waals surface area contributed by atoms with E-state index in [9.17, 15) is 9.59 Å². The van der Waals surface area contributed by atoms with Crippen LogP contribution in [0.4, 0.5) is 0 Å². The summed E-state index contributed by atoms with van der Waals surface area (Å²) in [6, 6.07) is 12.6. The highest BCUT2D eigenvalue weighted by Gasteiger charge is 2.61. The molecule has 0 aromatic heterocycles. The quantitative estimate of drug-likeness (QED) is 0.619. The van der Waals surface area contributed by atoms with Gasteiger partial charge in [0, 0.05) is 22.2 Å². The molecule has 0 aliphatic heterocycles. The van der Waals surface area contributed by atoms with Crippen molar-refractivity contribution in [3.05, 3.63) is 81.9 Å². The standard InChI is InChI=1S/C22H13BrO2/c23-16-10-18(25)22-8-7-12(17(24)9-15(16)22)20-13-5-1-3-11-4-2-6-14(19(11)13)21(20)22/h1-10,12,20-21H/t12-,20+,21-,22+/m1/s1. The fourth-order valence-corrected chi connectivity index (χ4v) is 6.20. The molecule has 0 saturated carbocycles. The minimum Gasteiger partial charge on any atom is -0.294 e. The second-order valence-electron chi connectivity index (χ2n) is 7.37. The first kappa shape index (κ1) is 14.0. The van der Waals surface area contributed by atoms with E-state index in [0.717, 1.165) is 10.1 Å². The molecule has 2 bridgehead atoms. The highest BCUT2D eigenvalue weighted by Crippen LogP contribution is 2.67. The lowest BCUT2D eigenvalue weighted by Gasteiger charge is -2.40. The van der Waals surface area contributed by atoms with Crippen LogP contribution in [0.2, 0.25) is 0 Å². The summed E-state index contributed by atoms with van der Waals surface area (Å²) in [4.78, 5) is 26.1. The third-order valence-corrected chi connectivity index (χ3v) is 7.11. The molecule has 1 spiro atoms. The Morgan fingerprint density at radius 1 is 0.960 bits per heavy atom. The SMILES string of the molecule is O=C1C=C2C(Br)=CC(=O)[C@]23C=C[C@H]1[C@H]1c2cccc4cccc(c24)[C@H]13. The molecule has 4 atom stereocenters. The topological polar surface area (TPSA) is 34.1 Å². The third kappa shape index (κ3) is 1.40. The molecule has 25 heavy (non-hydrogen) atoms. The van der Waals surface area contributed by atoms with Crippen LogP contribution in [0.15, 0.2) is 70.8 Å². The van der Waals surface area contributed by atoms with Crippen molar-refractivity contribution in [2.45, 2.75) is 11.8 Å². The van der Waals surface area contributed by atoms with Crippen molar-refractivity contribution in [1.29, 1.82) is 0 Å². The number of rotatable bonds is 0. The summed E-state index contributed by atoms with van der Waals surface area (Å²) < 4.78 is 0.750. The van der Waals surface area contributed by atoms with E-state index in [2.05, 4.69) is 52.3 Å². The molecule has 0 radical (unpaired) electrons. The molecule has 5 aliphatic rings. The third-order valence-electron chi connectivity index (χ3n) is 6.45. The van der Waals surface area contributed by atoms with Crippen LogP contribution in [0, 0.1) is 11.3 Å². The van der Waals surface area contributed by atoms with E-state index >= 15 is 0 Å². The van der Waals surface area contributed by atoms with Gasteiger partial charge in [-0.3, -0.25) is 9.59 Å². The first-order valence-corrected chi connectivity index (χ1v) is 9.31. The van der Waals surface area contributed by atoms with E-state index in [1.54, 1.807) is 12.2 Å². The van der Waals surface area contributed by atoms with Gasteiger partial charge in [-0.1, -0.05) is 64.5 Å². The van der Waals surface area contributed by atoms with Crippen molar-refractivity contribution in [3.63, 3.8) is 0 Å². The molecular weight excluding hydrogens is 376 g/mol. The zero-order valence-electron chi connectivity index (χ0n) is 13.2. The number of halogens is 1. The largest absolute Gasteiger partial charge is 0.294 e. The lowest BCUT2D eigenvalue weighted by atomic mass is 9.59. The highest BCUT2D eigenvalue weighted by molar-refractivity contribution is 9.12. The molecule has 0 N–H and O–H groups in total. The van der Waals surface area contributed by atoms with Gasteiger partial charge in [0.1, 0.15) is 0 Å². The van der Waals surface area contributed by atoms with E-state index in [1.807, 2.05) is 12.2 Å². The number of carbonyl (C=O) groups is 2. The highest BCUT2D eigenvalue weighted by atomic mass is 79.9. The lowest BCUT2D eigenvalue weighted by Crippen LogP contribution is -2.39. The summed E-state index contributed by atoms with van der Waals surface area (Å²) in [6.07, 6.45) is 7.34. The van der Waals surface area contributed by atoms with Crippen molar-refractivity contribution < 1.29 is 9.59 Å². The molecule has 0 heterocycles. The van der Waals surface area contributed by atoms with Crippen molar-refractivity contribution >= 4 is 38.3 Å². The first-order chi connectivity index (χ1) is 12.1. The van der Waals surface area contributed by atoms with E-state index < -0.39 is 5.41 Å². The van der Waals surface area contributed by atoms with Crippen LogP contribution in [0.3, 0.4) is 0 Å². The van der Waals surface area contributed by atoms with Crippen LogP contribution in [0.5, 0.6) is 0 Å². The van der Waals surface area contributed by atoms with Gasteiger partial charge in [-0.15, -0.1) is 0 Å². The number of hydrogen-bond acceptors (Lipinski definition) is 2. The van der Waals surface area contributed by atoms with Gasteiger partial charge in [-0.2, -0.15) is 0 Å². The van der Waals surface area contributed by atoms with Crippen LogP contribution in [-0.2, 0) is 9.59 Å². The number of allylic oxidation sites excluding steroid dienone is 6. The number of carbonyl (C=O) groups excluding carboxylic acids is 2. The minimum atomic E-state index is -0.751. The normalized spacial score (nSPS) is 34.0. The lowest BCUT2D eigenvalue weighted by molar-refractivity contribution is -0.122.